The fourth-order valence-electron chi connectivity index (χ4n) is 2.31. The van der Waals surface area contributed by atoms with Gasteiger partial charge in [-0.1, -0.05) is 42.9 Å². The first kappa shape index (κ1) is 19.2. The summed E-state index contributed by atoms with van der Waals surface area (Å²) < 4.78 is 30.5. The van der Waals surface area contributed by atoms with Crippen LogP contribution in [0.4, 0.5) is 5.13 Å². The first-order valence-electron chi connectivity index (χ1n) is 8.31. The van der Waals surface area contributed by atoms with Gasteiger partial charge in [-0.2, -0.15) is 0 Å². The third-order valence-corrected chi connectivity index (χ3v) is 6.17. The van der Waals surface area contributed by atoms with Gasteiger partial charge in [0, 0.05) is 6.42 Å². The highest BCUT2D eigenvalue weighted by atomic mass is 32.2. The highest BCUT2D eigenvalue weighted by molar-refractivity contribution is 7.91. The zero-order chi connectivity index (χ0) is 19.6. The maximum Gasteiger partial charge on any atom is 0.293 e. The van der Waals surface area contributed by atoms with E-state index in [-0.39, 0.29) is 15.7 Å². The molecule has 2 aromatic heterocycles. The second-order valence-corrected chi connectivity index (χ2v) is 9.43. The van der Waals surface area contributed by atoms with E-state index >= 15 is 0 Å². The van der Waals surface area contributed by atoms with Gasteiger partial charge >= 0.3 is 0 Å². The zero-order valence-electron chi connectivity index (χ0n) is 15.1. The molecule has 7 nitrogen and oxygen atoms in total. The van der Waals surface area contributed by atoms with Crippen LogP contribution >= 0.6 is 11.3 Å². The van der Waals surface area contributed by atoms with E-state index in [1.807, 2.05) is 6.92 Å². The Hall–Kier alpha value is -2.52. The van der Waals surface area contributed by atoms with E-state index in [0.717, 1.165) is 17.0 Å². The molecular formula is C18H19N3O4S2. The van der Waals surface area contributed by atoms with Gasteiger partial charge in [-0.05, 0) is 37.1 Å². The van der Waals surface area contributed by atoms with Crippen LogP contribution in [0.15, 0.2) is 50.8 Å². The van der Waals surface area contributed by atoms with Crippen molar-refractivity contribution >= 4 is 32.2 Å². The highest BCUT2D eigenvalue weighted by Gasteiger charge is 2.24. The van der Waals surface area contributed by atoms with Crippen LogP contribution in [0.5, 0.6) is 0 Å². The minimum atomic E-state index is -3.82. The lowest BCUT2D eigenvalue weighted by atomic mass is 10.1. The van der Waals surface area contributed by atoms with Crippen LogP contribution in [0.1, 0.15) is 35.0 Å². The predicted molar refractivity (Wildman–Crippen MR) is 102 cm³/mol. The van der Waals surface area contributed by atoms with Crippen LogP contribution in [-0.2, 0) is 16.3 Å². The van der Waals surface area contributed by atoms with E-state index in [1.54, 1.807) is 12.1 Å². The Balaban J connectivity index is 1.75. The first-order valence-corrected chi connectivity index (χ1v) is 10.6. The number of amides is 1. The van der Waals surface area contributed by atoms with Crippen LogP contribution in [0.2, 0.25) is 0 Å². The molecule has 2 heterocycles. The summed E-state index contributed by atoms with van der Waals surface area (Å²) >= 11 is 1.28. The Morgan fingerprint density at radius 3 is 2.52 bits per heavy atom. The summed E-state index contributed by atoms with van der Waals surface area (Å²) in [6, 6.07) is 9.01. The topological polar surface area (TPSA) is 102 Å². The molecule has 0 unspecified atom stereocenters. The van der Waals surface area contributed by atoms with Gasteiger partial charge in [-0.3, -0.25) is 10.1 Å². The summed E-state index contributed by atoms with van der Waals surface area (Å²) in [4.78, 5) is 12.4. The summed E-state index contributed by atoms with van der Waals surface area (Å²) in [5, 5.41) is 11.4. The molecule has 0 fully saturated rings. The van der Waals surface area contributed by atoms with Gasteiger partial charge in [0.25, 0.3) is 5.91 Å². The van der Waals surface area contributed by atoms with Gasteiger partial charge in [0.1, 0.15) is 5.01 Å². The number of hydrogen-bond donors (Lipinski definition) is 1. The largest absolute Gasteiger partial charge is 0.439 e. The van der Waals surface area contributed by atoms with Crippen molar-refractivity contribution in [2.45, 2.75) is 37.2 Å². The van der Waals surface area contributed by atoms with E-state index in [1.165, 1.54) is 35.6 Å². The molecule has 0 bridgehead atoms. The number of aryl methyl sites for hydroxylation is 1. The molecule has 27 heavy (non-hydrogen) atoms. The van der Waals surface area contributed by atoms with Gasteiger partial charge in [-0.25, -0.2) is 8.42 Å². The summed E-state index contributed by atoms with van der Waals surface area (Å²) in [5.74, 6) is -0.255. The Bertz CT molecular complexity index is 1050. The molecule has 9 heteroatoms. The summed E-state index contributed by atoms with van der Waals surface area (Å²) in [6.45, 7) is 6.00. The van der Waals surface area contributed by atoms with E-state index in [0.29, 0.717) is 11.0 Å². The normalized spacial score (nSPS) is 11.7. The highest BCUT2D eigenvalue weighted by Crippen LogP contribution is 2.24. The molecule has 0 saturated carbocycles. The SMILES string of the molecule is Cc1ccc(S(=O)(=O)c2ccc(C(=O)Nc3nnc(CC(C)C)s3)o2)cc1. The lowest BCUT2D eigenvalue weighted by Gasteiger charge is -2.02. The van der Waals surface area contributed by atoms with Gasteiger partial charge in [0.2, 0.25) is 20.1 Å². The standard InChI is InChI=1S/C18H19N3O4S2/c1-11(2)10-15-20-21-18(26-15)19-17(22)14-8-9-16(25-14)27(23,24)13-6-4-12(3)5-7-13/h4-9,11H,10H2,1-3H3,(H,19,21,22). The molecule has 0 aliphatic rings. The van der Waals surface area contributed by atoms with Gasteiger partial charge in [0.15, 0.2) is 5.76 Å². The fraction of sp³-hybridized carbons (Fsp3) is 0.278. The monoisotopic (exact) mass is 405 g/mol. The fourth-order valence-corrected chi connectivity index (χ4v) is 4.44. The van der Waals surface area contributed by atoms with Crippen molar-refractivity contribution in [2.24, 2.45) is 5.92 Å². The van der Waals surface area contributed by atoms with Crippen molar-refractivity contribution < 1.29 is 17.6 Å². The molecule has 3 aromatic rings. The molecule has 0 aliphatic carbocycles. The molecule has 0 aliphatic heterocycles. The Morgan fingerprint density at radius 2 is 1.85 bits per heavy atom. The number of rotatable bonds is 6. The third kappa shape index (κ3) is 4.42. The maximum absolute atomic E-state index is 12.6. The number of carbonyl (C=O) groups excluding carboxylic acids is 1. The number of sulfone groups is 1. The van der Waals surface area contributed by atoms with Crippen LogP contribution in [0.3, 0.4) is 0 Å². The summed E-state index contributed by atoms with van der Waals surface area (Å²) in [7, 11) is -3.82. The van der Waals surface area contributed by atoms with E-state index in [4.69, 9.17) is 4.42 Å². The van der Waals surface area contributed by atoms with Crippen LogP contribution < -0.4 is 5.32 Å². The minimum absolute atomic E-state index is 0.108. The maximum atomic E-state index is 12.6. The zero-order valence-corrected chi connectivity index (χ0v) is 16.7. The van der Waals surface area contributed by atoms with Crippen LogP contribution in [-0.4, -0.2) is 24.5 Å². The quantitative estimate of drug-likeness (QED) is 0.670. The summed E-state index contributed by atoms with van der Waals surface area (Å²) in [5.41, 5.74) is 0.947. The first-order chi connectivity index (χ1) is 12.8. The number of benzene rings is 1. The van der Waals surface area contributed by atoms with Crippen molar-refractivity contribution in [2.75, 3.05) is 5.32 Å². The number of furan rings is 1. The lowest BCUT2D eigenvalue weighted by Crippen LogP contribution is -2.10. The second-order valence-electron chi connectivity index (χ2n) is 6.49. The molecule has 0 atom stereocenters. The number of carbonyl (C=O) groups is 1. The molecule has 1 aromatic carbocycles. The van der Waals surface area contributed by atoms with Crippen molar-refractivity contribution in [1.29, 1.82) is 0 Å². The summed E-state index contributed by atoms with van der Waals surface area (Å²) in [6.07, 6.45) is 0.771. The van der Waals surface area contributed by atoms with Gasteiger partial charge in [0.05, 0.1) is 4.90 Å². The van der Waals surface area contributed by atoms with Gasteiger partial charge < -0.3 is 4.42 Å². The molecule has 3 rings (SSSR count). The molecular weight excluding hydrogens is 386 g/mol. The molecule has 142 valence electrons. The van der Waals surface area contributed by atoms with Crippen molar-refractivity contribution in [3.05, 3.63) is 52.7 Å². The number of hydrogen-bond acceptors (Lipinski definition) is 7. The number of nitrogens with one attached hydrogen (secondary N) is 1. The predicted octanol–water partition coefficient (Wildman–Crippen LogP) is 3.72. The average Bonchev–Trinajstić information content (AvgIpc) is 3.24. The molecule has 1 N–H and O–H groups in total. The average molecular weight is 406 g/mol. The molecule has 0 saturated heterocycles. The van der Waals surface area contributed by atoms with E-state index in [2.05, 4.69) is 29.4 Å². The Kier molecular flexibility index (Phi) is 5.43. The van der Waals surface area contributed by atoms with Crippen molar-refractivity contribution in [3.63, 3.8) is 0 Å². The van der Waals surface area contributed by atoms with Crippen molar-refractivity contribution in [3.8, 4) is 0 Å². The van der Waals surface area contributed by atoms with Crippen molar-refractivity contribution in [1.82, 2.24) is 10.2 Å². The molecule has 0 radical (unpaired) electrons. The second kappa shape index (κ2) is 7.61. The van der Waals surface area contributed by atoms with Crippen LogP contribution in [0.25, 0.3) is 0 Å². The minimum Gasteiger partial charge on any atom is -0.439 e. The van der Waals surface area contributed by atoms with E-state index in [9.17, 15) is 13.2 Å². The smallest absolute Gasteiger partial charge is 0.293 e. The van der Waals surface area contributed by atoms with E-state index < -0.39 is 15.7 Å². The molecule has 0 spiro atoms. The van der Waals surface area contributed by atoms with Crippen LogP contribution in [0, 0.1) is 12.8 Å². The lowest BCUT2D eigenvalue weighted by molar-refractivity contribution is 0.0991. The Labute approximate surface area is 161 Å². The third-order valence-electron chi connectivity index (χ3n) is 3.67. The number of anilines is 1. The number of nitrogens with zero attached hydrogens (tertiary/aromatic N) is 2. The molecule has 1 amide bonds. The Morgan fingerprint density at radius 1 is 1.15 bits per heavy atom. The number of aromatic nitrogens is 2. The van der Waals surface area contributed by atoms with Gasteiger partial charge in [-0.15, -0.1) is 10.2 Å².